The molecule has 0 radical (unpaired) electrons. The zero-order chi connectivity index (χ0) is 17.9. The molecule has 1 aliphatic rings. The fraction of sp³-hybridized carbons (Fsp3) is 0.333. The zero-order valence-electron chi connectivity index (χ0n) is 14.1. The van der Waals surface area contributed by atoms with Crippen LogP contribution < -0.4 is 4.72 Å². The second-order valence-corrected chi connectivity index (χ2v) is 9.24. The minimum Gasteiger partial charge on any atom is -0.299 e. The van der Waals surface area contributed by atoms with Crippen LogP contribution in [0.1, 0.15) is 18.4 Å². The lowest BCUT2D eigenvalue weighted by Gasteiger charge is -2.32. The molecule has 2 aromatic carbocycles. The zero-order valence-corrected chi connectivity index (χ0v) is 18.0. The summed E-state index contributed by atoms with van der Waals surface area (Å²) in [5.41, 5.74) is 1.28. The SMILES string of the molecule is Cl.O=S(=O)(NC1CCN(Cc2ccccc2)CC1)c1ccc(Br)cc1Cl. The van der Waals surface area contributed by atoms with E-state index in [1.807, 2.05) is 18.2 Å². The molecular formula is C18H21BrCl2N2O2S. The van der Waals surface area contributed by atoms with E-state index in [0.29, 0.717) is 0 Å². The van der Waals surface area contributed by atoms with Gasteiger partial charge in [0.15, 0.2) is 0 Å². The van der Waals surface area contributed by atoms with Crippen LogP contribution in [-0.4, -0.2) is 32.4 Å². The van der Waals surface area contributed by atoms with E-state index in [9.17, 15) is 8.42 Å². The molecule has 0 aliphatic carbocycles. The summed E-state index contributed by atoms with van der Waals surface area (Å²) < 4.78 is 28.7. The Bertz CT molecular complexity index is 826. The molecule has 8 heteroatoms. The Morgan fingerprint density at radius 3 is 2.38 bits per heavy atom. The van der Waals surface area contributed by atoms with Gasteiger partial charge in [0.05, 0.1) is 5.02 Å². The van der Waals surface area contributed by atoms with Crippen molar-refractivity contribution in [1.29, 1.82) is 0 Å². The standard InChI is InChI=1S/C18H20BrClN2O2S.ClH/c19-15-6-7-18(17(20)12-15)25(23,24)21-16-8-10-22(11-9-16)13-14-4-2-1-3-5-14;/h1-7,12,16,21H,8-11,13H2;1H. The van der Waals surface area contributed by atoms with Gasteiger partial charge in [0.25, 0.3) is 0 Å². The first-order valence-electron chi connectivity index (χ1n) is 8.18. The Morgan fingerprint density at radius 1 is 1.12 bits per heavy atom. The highest BCUT2D eigenvalue weighted by molar-refractivity contribution is 9.10. The van der Waals surface area contributed by atoms with E-state index in [4.69, 9.17) is 11.6 Å². The number of nitrogens with zero attached hydrogens (tertiary/aromatic N) is 1. The van der Waals surface area contributed by atoms with Gasteiger partial charge >= 0.3 is 0 Å². The van der Waals surface area contributed by atoms with Gasteiger partial charge in [0.1, 0.15) is 4.90 Å². The van der Waals surface area contributed by atoms with E-state index in [2.05, 4.69) is 37.7 Å². The van der Waals surface area contributed by atoms with Crippen molar-refractivity contribution in [3.8, 4) is 0 Å². The van der Waals surface area contributed by atoms with Crippen molar-refractivity contribution >= 4 is 50.0 Å². The summed E-state index contributed by atoms with van der Waals surface area (Å²) in [6.07, 6.45) is 1.58. The number of hydrogen-bond acceptors (Lipinski definition) is 3. The van der Waals surface area contributed by atoms with Gasteiger partial charge in [0, 0.05) is 30.1 Å². The van der Waals surface area contributed by atoms with Crippen molar-refractivity contribution in [2.24, 2.45) is 0 Å². The van der Waals surface area contributed by atoms with Gasteiger partial charge in [0.2, 0.25) is 10.0 Å². The summed E-state index contributed by atoms with van der Waals surface area (Å²) in [6.45, 7) is 2.64. The topological polar surface area (TPSA) is 49.4 Å². The smallest absolute Gasteiger partial charge is 0.242 e. The number of benzene rings is 2. The van der Waals surface area contributed by atoms with Gasteiger partial charge in [-0.2, -0.15) is 0 Å². The maximum Gasteiger partial charge on any atom is 0.242 e. The number of likely N-dealkylation sites (tertiary alicyclic amines) is 1. The number of nitrogens with one attached hydrogen (secondary N) is 1. The average molecular weight is 480 g/mol. The summed E-state index contributed by atoms with van der Waals surface area (Å²) in [4.78, 5) is 2.48. The predicted molar refractivity (Wildman–Crippen MR) is 111 cm³/mol. The molecule has 2 aromatic rings. The first-order chi connectivity index (χ1) is 11.9. The van der Waals surface area contributed by atoms with Crippen LogP contribution in [-0.2, 0) is 16.6 Å². The first-order valence-corrected chi connectivity index (χ1v) is 10.8. The summed E-state index contributed by atoms with van der Waals surface area (Å²) >= 11 is 9.38. The van der Waals surface area contributed by atoms with E-state index in [-0.39, 0.29) is 28.4 Å². The number of sulfonamides is 1. The van der Waals surface area contributed by atoms with Crippen LogP contribution in [0.3, 0.4) is 0 Å². The molecule has 0 saturated carbocycles. The molecule has 0 amide bonds. The maximum atomic E-state index is 12.6. The van der Waals surface area contributed by atoms with E-state index in [1.54, 1.807) is 12.1 Å². The molecule has 0 spiro atoms. The number of halogens is 3. The van der Waals surface area contributed by atoms with Crippen LogP contribution >= 0.6 is 39.9 Å². The maximum absolute atomic E-state index is 12.6. The van der Waals surface area contributed by atoms with Crippen LogP contribution in [0.2, 0.25) is 5.02 Å². The monoisotopic (exact) mass is 478 g/mol. The number of hydrogen-bond donors (Lipinski definition) is 1. The van der Waals surface area contributed by atoms with E-state index < -0.39 is 10.0 Å². The molecule has 1 saturated heterocycles. The summed E-state index contributed by atoms with van der Waals surface area (Å²) in [5.74, 6) is 0. The van der Waals surface area contributed by atoms with Crippen LogP contribution in [0, 0.1) is 0 Å². The molecule has 0 bridgehead atoms. The molecule has 0 atom stereocenters. The quantitative estimate of drug-likeness (QED) is 0.688. The lowest BCUT2D eigenvalue weighted by Crippen LogP contribution is -2.44. The molecule has 0 aromatic heterocycles. The fourth-order valence-corrected chi connectivity index (χ4v) is 5.37. The highest BCUT2D eigenvalue weighted by Gasteiger charge is 2.26. The minimum absolute atomic E-state index is 0. The van der Waals surface area contributed by atoms with Crippen molar-refractivity contribution in [1.82, 2.24) is 9.62 Å². The van der Waals surface area contributed by atoms with Crippen molar-refractivity contribution < 1.29 is 8.42 Å². The molecule has 142 valence electrons. The van der Waals surface area contributed by atoms with Crippen LogP contribution in [0.25, 0.3) is 0 Å². The third-order valence-electron chi connectivity index (χ3n) is 4.34. The Balaban J connectivity index is 0.00000243. The van der Waals surface area contributed by atoms with Crippen molar-refractivity contribution in [3.63, 3.8) is 0 Å². The minimum atomic E-state index is -3.60. The van der Waals surface area contributed by atoms with Gasteiger partial charge in [-0.25, -0.2) is 13.1 Å². The molecular weight excluding hydrogens is 459 g/mol. The highest BCUT2D eigenvalue weighted by atomic mass is 79.9. The average Bonchev–Trinajstić information content (AvgIpc) is 2.57. The van der Waals surface area contributed by atoms with E-state index in [1.165, 1.54) is 11.6 Å². The second-order valence-electron chi connectivity index (χ2n) is 6.23. The summed E-state index contributed by atoms with van der Waals surface area (Å²) in [7, 11) is -3.60. The molecule has 1 N–H and O–H groups in total. The molecule has 3 rings (SSSR count). The van der Waals surface area contributed by atoms with Gasteiger partial charge in [-0.3, -0.25) is 4.90 Å². The van der Waals surface area contributed by atoms with Gasteiger partial charge in [-0.15, -0.1) is 12.4 Å². The Morgan fingerprint density at radius 2 is 1.77 bits per heavy atom. The third kappa shape index (κ3) is 5.68. The van der Waals surface area contributed by atoms with Crippen LogP contribution in [0.15, 0.2) is 57.9 Å². The van der Waals surface area contributed by atoms with Crippen molar-refractivity contribution in [3.05, 3.63) is 63.6 Å². The summed E-state index contributed by atoms with van der Waals surface area (Å²) in [5, 5.41) is 0.225. The van der Waals surface area contributed by atoms with E-state index in [0.717, 1.165) is 36.9 Å². The summed E-state index contributed by atoms with van der Waals surface area (Å²) in [6, 6.07) is 15.1. The third-order valence-corrected chi connectivity index (χ3v) is 6.84. The van der Waals surface area contributed by atoms with Gasteiger partial charge in [-0.1, -0.05) is 57.9 Å². The molecule has 1 heterocycles. The number of piperidine rings is 1. The molecule has 1 aliphatic heterocycles. The molecule has 0 unspecified atom stereocenters. The fourth-order valence-electron chi connectivity index (χ4n) is 3.03. The Kier molecular flexibility index (Phi) is 7.94. The predicted octanol–water partition coefficient (Wildman–Crippen LogP) is 4.47. The molecule has 4 nitrogen and oxygen atoms in total. The van der Waals surface area contributed by atoms with Crippen LogP contribution in [0.5, 0.6) is 0 Å². The van der Waals surface area contributed by atoms with Gasteiger partial charge in [-0.05, 0) is 36.6 Å². The molecule has 1 fully saturated rings. The second kappa shape index (κ2) is 9.53. The largest absolute Gasteiger partial charge is 0.299 e. The normalized spacial score (nSPS) is 16.2. The van der Waals surface area contributed by atoms with Crippen molar-refractivity contribution in [2.75, 3.05) is 13.1 Å². The Labute approximate surface area is 174 Å². The van der Waals surface area contributed by atoms with Crippen LogP contribution in [0.4, 0.5) is 0 Å². The number of rotatable bonds is 5. The van der Waals surface area contributed by atoms with Crippen molar-refractivity contribution in [2.45, 2.75) is 30.3 Å². The Hall–Kier alpha value is -0.630. The van der Waals surface area contributed by atoms with Gasteiger partial charge < -0.3 is 0 Å². The highest BCUT2D eigenvalue weighted by Crippen LogP contribution is 2.26. The first kappa shape index (κ1) is 21.7. The van der Waals surface area contributed by atoms with E-state index >= 15 is 0 Å². The lowest BCUT2D eigenvalue weighted by molar-refractivity contribution is 0.200. The molecule has 26 heavy (non-hydrogen) atoms. The lowest BCUT2D eigenvalue weighted by atomic mass is 10.1.